The van der Waals surface area contributed by atoms with Crippen molar-refractivity contribution in [3.63, 3.8) is 0 Å². The molecule has 5 rings (SSSR count). The van der Waals surface area contributed by atoms with E-state index < -0.39 is 0 Å². The minimum atomic E-state index is -0.0838. The first kappa shape index (κ1) is 21.5. The molecule has 0 spiro atoms. The number of rotatable bonds is 7. The number of carbonyl (C=O) groups is 1. The van der Waals surface area contributed by atoms with Gasteiger partial charge in [0.1, 0.15) is 5.82 Å². The molecule has 0 aliphatic heterocycles. The van der Waals surface area contributed by atoms with Gasteiger partial charge >= 0.3 is 0 Å². The summed E-state index contributed by atoms with van der Waals surface area (Å²) in [7, 11) is 0. The van der Waals surface area contributed by atoms with Gasteiger partial charge in [0.2, 0.25) is 5.91 Å². The fourth-order valence-corrected chi connectivity index (χ4v) is 4.98. The van der Waals surface area contributed by atoms with Crippen molar-refractivity contribution in [1.29, 1.82) is 0 Å². The molecule has 168 valence electrons. The Morgan fingerprint density at radius 3 is 2.55 bits per heavy atom. The minimum absolute atomic E-state index is 0.0838. The molecule has 2 aromatic carbocycles. The van der Waals surface area contributed by atoms with Gasteiger partial charge in [0.05, 0.1) is 18.0 Å². The summed E-state index contributed by atoms with van der Waals surface area (Å²) in [6.07, 6.45) is 6.40. The van der Waals surface area contributed by atoms with Crippen molar-refractivity contribution in [1.82, 2.24) is 24.5 Å². The number of benzene rings is 2. The number of aryl methyl sites for hydroxylation is 1. The van der Waals surface area contributed by atoms with Crippen molar-refractivity contribution in [3.05, 3.63) is 72.4 Å². The lowest BCUT2D eigenvalue weighted by Gasteiger charge is -2.14. The Kier molecular flexibility index (Phi) is 6.26. The van der Waals surface area contributed by atoms with Gasteiger partial charge in [-0.15, -0.1) is 10.2 Å². The third-order valence-electron chi connectivity index (χ3n) is 5.90. The quantitative estimate of drug-likeness (QED) is 0.381. The van der Waals surface area contributed by atoms with E-state index in [1.54, 1.807) is 6.20 Å². The number of amides is 1. The highest BCUT2D eigenvalue weighted by Gasteiger charge is 2.21. The number of carbonyl (C=O) groups excluding carboxylic acids is 1. The number of nitrogens with one attached hydrogen (secondary N) is 1. The van der Waals surface area contributed by atoms with Crippen LogP contribution in [0, 0.1) is 6.92 Å². The molecular formula is C25H26N6OS. The maximum absolute atomic E-state index is 12.8. The first-order valence-corrected chi connectivity index (χ1v) is 12.2. The predicted octanol–water partition coefficient (Wildman–Crippen LogP) is 5.29. The molecule has 1 aliphatic carbocycles. The second kappa shape index (κ2) is 9.62. The molecule has 0 bridgehead atoms. The van der Waals surface area contributed by atoms with Gasteiger partial charge in [0.15, 0.2) is 11.0 Å². The third kappa shape index (κ3) is 4.71. The number of anilines is 1. The summed E-state index contributed by atoms with van der Waals surface area (Å²) in [5.41, 5.74) is 3.12. The SMILES string of the molecule is Cc1ccc(-n2c(SCC(=O)Nc3ccnn3C3CCCC3)nnc2-c2ccccc2)cc1. The Balaban J connectivity index is 1.35. The second-order valence-electron chi connectivity index (χ2n) is 8.28. The smallest absolute Gasteiger partial charge is 0.235 e. The standard InChI is InChI=1S/C25H26N6OS/c1-18-11-13-20(14-12-18)30-24(19-7-3-2-4-8-19)28-29-25(30)33-17-23(32)27-22-15-16-26-31(22)21-9-5-6-10-21/h2-4,7-8,11-16,21H,5-6,9-10,17H2,1H3,(H,27,32). The average Bonchev–Trinajstić information content (AvgIpc) is 3.59. The van der Waals surface area contributed by atoms with Crippen LogP contribution in [-0.4, -0.2) is 36.2 Å². The molecule has 2 heterocycles. The molecule has 0 atom stereocenters. The van der Waals surface area contributed by atoms with Crippen molar-refractivity contribution in [2.75, 3.05) is 11.1 Å². The average molecular weight is 459 g/mol. The lowest BCUT2D eigenvalue weighted by molar-refractivity contribution is -0.113. The van der Waals surface area contributed by atoms with Gasteiger partial charge in [0, 0.05) is 17.3 Å². The largest absolute Gasteiger partial charge is 0.310 e. The zero-order chi connectivity index (χ0) is 22.6. The fourth-order valence-electron chi connectivity index (χ4n) is 4.23. The fraction of sp³-hybridized carbons (Fsp3) is 0.280. The highest BCUT2D eigenvalue weighted by atomic mass is 32.2. The molecule has 0 unspecified atom stereocenters. The third-order valence-corrected chi connectivity index (χ3v) is 6.83. The molecule has 4 aromatic rings. The van der Waals surface area contributed by atoms with E-state index in [2.05, 4.69) is 51.8 Å². The molecule has 0 saturated heterocycles. The van der Waals surface area contributed by atoms with Gasteiger partial charge in [-0.2, -0.15) is 5.10 Å². The number of nitrogens with zero attached hydrogens (tertiary/aromatic N) is 5. The number of hydrogen-bond acceptors (Lipinski definition) is 5. The second-order valence-corrected chi connectivity index (χ2v) is 9.22. The van der Waals surface area contributed by atoms with Crippen LogP contribution in [-0.2, 0) is 4.79 Å². The van der Waals surface area contributed by atoms with E-state index in [0.29, 0.717) is 11.2 Å². The Morgan fingerprint density at radius 1 is 1.03 bits per heavy atom. The van der Waals surface area contributed by atoms with E-state index >= 15 is 0 Å². The molecule has 1 fully saturated rings. The van der Waals surface area contributed by atoms with Crippen molar-refractivity contribution in [2.45, 2.75) is 43.8 Å². The van der Waals surface area contributed by atoms with Crippen LogP contribution < -0.4 is 5.32 Å². The Hall–Kier alpha value is -3.39. The first-order chi connectivity index (χ1) is 16.2. The van der Waals surface area contributed by atoms with E-state index in [9.17, 15) is 4.79 Å². The van der Waals surface area contributed by atoms with E-state index in [4.69, 9.17) is 0 Å². The molecule has 7 nitrogen and oxygen atoms in total. The van der Waals surface area contributed by atoms with E-state index in [1.807, 2.05) is 45.6 Å². The summed E-state index contributed by atoms with van der Waals surface area (Å²) < 4.78 is 3.97. The minimum Gasteiger partial charge on any atom is -0.310 e. The number of aromatic nitrogens is 5. The Bertz CT molecular complexity index is 1230. The van der Waals surface area contributed by atoms with Crippen molar-refractivity contribution in [2.24, 2.45) is 0 Å². The zero-order valence-electron chi connectivity index (χ0n) is 18.5. The molecule has 1 amide bonds. The Morgan fingerprint density at radius 2 is 1.79 bits per heavy atom. The molecule has 8 heteroatoms. The van der Waals surface area contributed by atoms with Gasteiger partial charge in [0.25, 0.3) is 0 Å². The van der Waals surface area contributed by atoms with Crippen LogP contribution in [0.5, 0.6) is 0 Å². The topological polar surface area (TPSA) is 77.6 Å². The summed E-state index contributed by atoms with van der Waals surface area (Å²) in [6.45, 7) is 2.06. The van der Waals surface area contributed by atoms with Crippen molar-refractivity contribution >= 4 is 23.5 Å². The Labute approximate surface area is 197 Å². The van der Waals surface area contributed by atoms with E-state index in [1.165, 1.54) is 30.2 Å². The van der Waals surface area contributed by atoms with Gasteiger partial charge < -0.3 is 5.32 Å². The van der Waals surface area contributed by atoms with Gasteiger partial charge in [-0.05, 0) is 31.9 Å². The predicted molar refractivity (Wildman–Crippen MR) is 131 cm³/mol. The van der Waals surface area contributed by atoms with E-state index in [0.717, 1.165) is 35.7 Å². The molecule has 1 aliphatic rings. The van der Waals surface area contributed by atoms with Crippen molar-refractivity contribution < 1.29 is 4.79 Å². The van der Waals surface area contributed by atoms with Gasteiger partial charge in [-0.25, -0.2) is 4.68 Å². The highest BCUT2D eigenvalue weighted by Crippen LogP contribution is 2.32. The van der Waals surface area contributed by atoms with Crippen LogP contribution in [0.2, 0.25) is 0 Å². The van der Waals surface area contributed by atoms with Crippen LogP contribution >= 0.6 is 11.8 Å². The molecule has 33 heavy (non-hydrogen) atoms. The van der Waals surface area contributed by atoms with Crippen LogP contribution in [0.15, 0.2) is 72.0 Å². The van der Waals surface area contributed by atoms with Gasteiger partial charge in [-0.3, -0.25) is 9.36 Å². The van der Waals surface area contributed by atoms with Gasteiger partial charge in [-0.1, -0.05) is 72.6 Å². The summed E-state index contributed by atoms with van der Waals surface area (Å²) in [5.74, 6) is 1.66. The summed E-state index contributed by atoms with van der Waals surface area (Å²) in [6, 6.07) is 20.4. The summed E-state index contributed by atoms with van der Waals surface area (Å²) >= 11 is 1.38. The molecule has 1 saturated carbocycles. The monoisotopic (exact) mass is 458 g/mol. The first-order valence-electron chi connectivity index (χ1n) is 11.2. The van der Waals surface area contributed by atoms with Crippen molar-refractivity contribution in [3.8, 4) is 17.1 Å². The molecular weight excluding hydrogens is 432 g/mol. The molecule has 2 aromatic heterocycles. The maximum atomic E-state index is 12.8. The number of thioether (sulfide) groups is 1. The van der Waals surface area contributed by atoms with Crippen LogP contribution in [0.4, 0.5) is 5.82 Å². The van der Waals surface area contributed by atoms with Crippen LogP contribution in [0.25, 0.3) is 17.1 Å². The summed E-state index contributed by atoms with van der Waals surface area (Å²) in [4.78, 5) is 12.8. The molecule has 0 radical (unpaired) electrons. The normalized spacial score (nSPS) is 14.0. The maximum Gasteiger partial charge on any atom is 0.235 e. The number of hydrogen-bond donors (Lipinski definition) is 1. The highest BCUT2D eigenvalue weighted by molar-refractivity contribution is 7.99. The molecule has 1 N–H and O–H groups in total. The van der Waals surface area contributed by atoms with E-state index in [-0.39, 0.29) is 11.7 Å². The van der Waals surface area contributed by atoms with Crippen LogP contribution in [0.3, 0.4) is 0 Å². The lowest BCUT2D eigenvalue weighted by Crippen LogP contribution is -2.19. The van der Waals surface area contributed by atoms with Crippen LogP contribution in [0.1, 0.15) is 37.3 Å². The zero-order valence-corrected chi connectivity index (χ0v) is 19.3. The summed E-state index contributed by atoms with van der Waals surface area (Å²) in [5, 5.41) is 17.0. The lowest BCUT2D eigenvalue weighted by atomic mass is 10.2.